The zero-order valence-electron chi connectivity index (χ0n) is 21.0. The predicted molar refractivity (Wildman–Crippen MR) is 146 cm³/mol. The number of guanidine groups is 1. The van der Waals surface area contributed by atoms with Crippen molar-refractivity contribution in [1.82, 2.24) is 4.90 Å². The van der Waals surface area contributed by atoms with Gasteiger partial charge in [-0.2, -0.15) is 0 Å². The number of nitrogens with zero attached hydrogens (tertiary/aromatic N) is 3. The summed E-state index contributed by atoms with van der Waals surface area (Å²) in [6.07, 6.45) is 2.09. The van der Waals surface area contributed by atoms with Crippen LogP contribution in [0.2, 0.25) is 0 Å². The lowest BCUT2D eigenvalue weighted by Crippen LogP contribution is -2.35. The van der Waals surface area contributed by atoms with Gasteiger partial charge in [-0.05, 0) is 62.7 Å². The Morgan fingerprint density at radius 3 is 2.50 bits per heavy atom. The zero-order chi connectivity index (χ0) is 26.0. The molecule has 2 aliphatic rings. The van der Waals surface area contributed by atoms with Gasteiger partial charge in [-0.1, -0.05) is 23.5 Å². The highest BCUT2D eigenvalue weighted by atomic mass is 32.2. The van der Waals surface area contributed by atoms with E-state index in [1.807, 2.05) is 26.2 Å². The van der Waals surface area contributed by atoms with Crippen LogP contribution in [-0.2, 0) is 12.8 Å². The van der Waals surface area contributed by atoms with Crippen LogP contribution in [0, 0.1) is 0 Å². The fourth-order valence-electron chi connectivity index (χ4n) is 4.45. The molecule has 0 saturated carbocycles. The average Bonchev–Trinajstić information content (AvgIpc) is 3.23. The van der Waals surface area contributed by atoms with E-state index in [-0.39, 0.29) is 17.5 Å². The normalized spacial score (nSPS) is 18.4. The van der Waals surface area contributed by atoms with Crippen LogP contribution in [0.25, 0.3) is 0 Å². The Morgan fingerprint density at radius 2 is 1.83 bits per heavy atom. The lowest BCUT2D eigenvalue weighted by Gasteiger charge is -2.32. The molecule has 2 aromatic carbocycles. The Morgan fingerprint density at radius 1 is 1.11 bits per heavy atom. The van der Waals surface area contributed by atoms with Crippen LogP contribution in [0.4, 0.5) is 0 Å². The van der Waals surface area contributed by atoms with Crippen LogP contribution in [0.15, 0.2) is 38.0 Å². The van der Waals surface area contributed by atoms with Crippen LogP contribution in [-0.4, -0.2) is 78.8 Å². The summed E-state index contributed by atoms with van der Waals surface area (Å²) >= 11 is 3.24. The van der Waals surface area contributed by atoms with E-state index in [2.05, 4.69) is 9.89 Å². The maximum Gasteiger partial charge on any atom is 0.185 e. The molecule has 2 aliphatic heterocycles. The third kappa shape index (κ3) is 5.05. The van der Waals surface area contributed by atoms with E-state index in [1.165, 1.54) is 7.11 Å². The number of nitrogens with two attached hydrogens (primary N) is 2. The van der Waals surface area contributed by atoms with Gasteiger partial charge in [-0.15, -0.1) is 0 Å². The van der Waals surface area contributed by atoms with Gasteiger partial charge in [-0.25, -0.2) is 0 Å². The van der Waals surface area contributed by atoms with Crippen LogP contribution >= 0.6 is 23.5 Å². The Hall–Kier alpha value is -2.76. The Balaban J connectivity index is 1.85. The summed E-state index contributed by atoms with van der Waals surface area (Å²) in [5.74, 6) is 1.11. The molecular weight excluding hydrogens is 498 g/mol. The van der Waals surface area contributed by atoms with Crippen molar-refractivity contribution in [1.29, 1.82) is 0 Å². The van der Waals surface area contributed by atoms with Crippen LogP contribution in [0.3, 0.4) is 0 Å². The number of hydrogen-bond acceptors (Lipinski definition) is 9. The first-order chi connectivity index (χ1) is 17.2. The van der Waals surface area contributed by atoms with Crippen molar-refractivity contribution in [3.8, 4) is 23.0 Å². The molecule has 194 valence electrons. The summed E-state index contributed by atoms with van der Waals surface area (Å²) in [5.41, 5.74) is 15.2. The summed E-state index contributed by atoms with van der Waals surface area (Å²) in [7, 11) is 7.17. The van der Waals surface area contributed by atoms with Gasteiger partial charge in [0.15, 0.2) is 29.0 Å². The lowest BCUT2D eigenvalue weighted by molar-refractivity contribution is 0.363. The standard InChI is InChI=1S/C25H33N5O4S2/c1-30(2)10-6-15-12-19(34-4)20(32)22-21(15)35-25(36-22,7-9-29-24(26)27)23-16-13-18(33-3)17(31)11-14(16)5-8-28-23/h11-13,31-32H,5-10H2,1-4H3,(H4,26,27,29). The summed E-state index contributed by atoms with van der Waals surface area (Å²) in [4.78, 5) is 13.2. The molecule has 0 saturated heterocycles. The highest BCUT2D eigenvalue weighted by Crippen LogP contribution is 2.64. The third-order valence-electron chi connectivity index (χ3n) is 6.24. The smallest absolute Gasteiger partial charge is 0.185 e. The number of phenolic OH excluding ortho intramolecular Hbond substituents is 2. The molecule has 0 amide bonds. The minimum Gasteiger partial charge on any atom is -0.504 e. The number of ether oxygens (including phenoxy) is 2. The molecule has 36 heavy (non-hydrogen) atoms. The Kier molecular flexibility index (Phi) is 7.82. The van der Waals surface area contributed by atoms with Gasteiger partial charge in [0.2, 0.25) is 0 Å². The van der Waals surface area contributed by atoms with Crippen LogP contribution in [0.5, 0.6) is 23.0 Å². The molecule has 2 heterocycles. The molecule has 0 bridgehead atoms. The van der Waals surface area contributed by atoms with Crippen LogP contribution < -0.4 is 20.9 Å². The number of methoxy groups -OCH3 is 2. The molecule has 2 aromatic rings. The molecular formula is C25H33N5O4S2. The second kappa shape index (κ2) is 10.7. The van der Waals surface area contributed by atoms with Gasteiger partial charge in [0.1, 0.15) is 4.08 Å². The molecule has 1 atom stereocenters. The molecule has 6 N–H and O–H groups in total. The number of benzene rings is 2. The van der Waals surface area contributed by atoms with Gasteiger partial charge in [0, 0.05) is 30.1 Å². The van der Waals surface area contributed by atoms with E-state index in [0.717, 1.165) is 51.6 Å². The average molecular weight is 532 g/mol. The number of aliphatic imine (C=N–C) groups is 2. The van der Waals surface area contributed by atoms with Gasteiger partial charge < -0.3 is 36.1 Å². The highest BCUT2D eigenvalue weighted by Gasteiger charge is 2.48. The number of aromatic hydroxyl groups is 2. The van der Waals surface area contributed by atoms with Crippen molar-refractivity contribution in [2.24, 2.45) is 21.5 Å². The number of thioether (sulfide) groups is 2. The van der Waals surface area contributed by atoms with Gasteiger partial charge in [-0.3, -0.25) is 9.98 Å². The molecule has 0 aromatic heterocycles. The highest BCUT2D eigenvalue weighted by molar-refractivity contribution is 8.22. The molecule has 0 aliphatic carbocycles. The van der Waals surface area contributed by atoms with Crippen molar-refractivity contribution in [3.63, 3.8) is 0 Å². The summed E-state index contributed by atoms with van der Waals surface area (Å²) < 4.78 is 10.3. The fraction of sp³-hybridized carbons (Fsp3) is 0.440. The topological polar surface area (TPSA) is 139 Å². The minimum absolute atomic E-state index is 0.0319. The first kappa shape index (κ1) is 26.3. The van der Waals surface area contributed by atoms with Crippen LogP contribution in [0.1, 0.15) is 23.1 Å². The Labute approximate surface area is 220 Å². The largest absolute Gasteiger partial charge is 0.504 e. The van der Waals surface area contributed by atoms with E-state index in [4.69, 9.17) is 25.9 Å². The van der Waals surface area contributed by atoms with E-state index >= 15 is 0 Å². The van der Waals surface area contributed by atoms with Gasteiger partial charge in [0.05, 0.1) is 24.8 Å². The molecule has 0 fully saturated rings. The number of rotatable bonds is 9. The molecule has 1 unspecified atom stereocenters. The Bertz CT molecular complexity index is 1210. The number of phenols is 2. The number of hydrogen-bond donors (Lipinski definition) is 4. The maximum atomic E-state index is 11.1. The summed E-state index contributed by atoms with van der Waals surface area (Å²) in [6, 6.07) is 5.53. The third-order valence-corrected chi connectivity index (χ3v) is 9.60. The molecule has 4 rings (SSSR count). The number of fused-ring (bicyclic) bond motifs is 2. The maximum absolute atomic E-state index is 11.1. The first-order valence-corrected chi connectivity index (χ1v) is 13.3. The van der Waals surface area contributed by atoms with E-state index in [0.29, 0.717) is 31.0 Å². The van der Waals surface area contributed by atoms with E-state index in [1.54, 1.807) is 36.7 Å². The predicted octanol–water partition coefficient (Wildman–Crippen LogP) is 2.82. The minimum atomic E-state index is -0.602. The second-order valence-electron chi connectivity index (χ2n) is 8.97. The SMILES string of the molecule is COc1cc2c(cc1O)CCN=C2C1(CCN=C(N)N)Sc2c(CCN(C)C)cc(OC)c(O)c2S1. The van der Waals surface area contributed by atoms with Crippen molar-refractivity contribution >= 4 is 35.2 Å². The fourth-order valence-corrected chi connectivity index (χ4v) is 7.86. The van der Waals surface area contributed by atoms with Gasteiger partial charge in [0.25, 0.3) is 0 Å². The van der Waals surface area contributed by atoms with E-state index in [9.17, 15) is 10.2 Å². The first-order valence-electron chi connectivity index (χ1n) is 11.6. The van der Waals surface area contributed by atoms with Crippen molar-refractivity contribution in [2.45, 2.75) is 33.1 Å². The van der Waals surface area contributed by atoms with Crippen molar-refractivity contribution < 1.29 is 19.7 Å². The molecule has 11 heteroatoms. The monoisotopic (exact) mass is 531 g/mol. The second-order valence-corrected chi connectivity index (χ2v) is 11.9. The summed E-state index contributed by atoms with van der Waals surface area (Å²) in [6.45, 7) is 1.84. The zero-order valence-corrected chi connectivity index (χ0v) is 22.6. The van der Waals surface area contributed by atoms with Crippen molar-refractivity contribution in [3.05, 3.63) is 34.9 Å². The van der Waals surface area contributed by atoms with E-state index < -0.39 is 4.08 Å². The number of likely N-dealkylation sites (N-methyl/N-ethyl adjacent to an activating group) is 1. The van der Waals surface area contributed by atoms with Crippen molar-refractivity contribution in [2.75, 3.05) is 47.9 Å². The molecule has 9 nitrogen and oxygen atoms in total. The molecule has 0 spiro atoms. The quantitative estimate of drug-likeness (QED) is 0.284. The molecule has 0 radical (unpaired) electrons. The van der Waals surface area contributed by atoms with Gasteiger partial charge >= 0.3 is 0 Å². The summed E-state index contributed by atoms with van der Waals surface area (Å²) in [5, 5.41) is 21.5. The lowest BCUT2D eigenvalue weighted by atomic mass is 9.93.